The van der Waals surface area contributed by atoms with E-state index in [1.54, 1.807) is 24.3 Å². The quantitative estimate of drug-likeness (QED) is 0.598. The van der Waals surface area contributed by atoms with Crippen molar-refractivity contribution >= 4 is 22.8 Å². The molecule has 3 heterocycles. The Balaban J connectivity index is 2.27. The molecule has 3 aromatic rings. The molecule has 1 unspecified atom stereocenters. The lowest BCUT2D eigenvalue weighted by molar-refractivity contribution is -0.153. The predicted octanol–water partition coefficient (Wildman–Crippen LogP) is 3.20. The molecule has 0 aliphatic rings. The summed E-state index contributed by atoms with van der Waals surface area (Å²) in [5, 5.41) is 1.62. The second kappa shape index (κ2) is 8.52. The molecule has 12 heteroatoms. The van der Waals surface area contributed by atoms with E-state index in [9.17, 15) is 31.5 Å². The van der Waals surface area contributed by atoms with Crippen LogP contribution in [0, 0.1) is 11.6 Å². The Hall–Kier alpha value is -3.57. The summed E-state index contributed by atoms with van der Waals surface area (Å²) in [6.45, 7) is 1.22. The Kier molecular flexibility index (Phi) is 6.15. The van der Waals surface area contributed by atoms with Crippen molar-refractivity contribution in [2.75, 3.05) is 19.0 Å². The van der Waals surface area contributed by atoms with E-state index in [1.165, 1.54) is 19.1 Å². The van der Waals surface area contributed by atoms with Crippen LogP contribution in [-0.4, -0.2) is 46.8 Å². The summed E-state index contributed by atoms with van der Waals surface area (Å²) in [7, 11) is 3.33. The average Bonchev–Trinajstić information content (AvgIpc) is 2.71. The van der Waals surface area contributed by atoms with Crippen molar-refractivity contribution in [1.82, 2.24) is 19.9 Å². The summed E-state index contributed by atoms with van der Waals surface area (Å²) in [6.07, 6.45) is -3.63. The number of nitrogens with one attached hydrogen (secondary N) is 1. The summed E-state index contributed by atoms with van der Waals surface area (Å²) in [4.78, 5) is 35.0. The Labute approximate surface area is 178 Å². The van der Waals surface area contributed by atoms with E-state index in [4.69, 9.17) is 0 Å². The number of rotatable bonds is 5. The van der Waals surface area contributed by atoms with Crippen LogP contribution in [-0.2, 0) is 0 Å². The van der Waals surface area contributed by atoms with Gasteiger partial charge in [0.1, 0.15) is 23.2 Å². The van der Waals surface area contributed by atoms with Crippen LogP contribution >= 0.6 is 0 Å². The normalized spacial score (nSPS) is 12.6. The topological polar surface area (TPSA) is 80.1 Å². The third-order valence-corrected chi connectivity index (χ3v) is 4.66. The Morgan fingerprint density at radius 1 is 1.25 bits per heavy atom. The third kappa shape index (κ3) is 4.39. The zero-order chi connectivity index (χ0) is 23.8. The van der Waals surface area contributed by atoms with E-state index < -0.39 is 53.0 Å². The number of halogens is 5. The van der Waals surface area contributed by atoms with Crippen LogP contribution in [0.1, 0.15) is 23.7 Å². The lowest BCUT2D eigenvalue weighted by atomic mass is 10.1. The van der Waals surface area contributed by atoms with Gasteiger partial charge in [-0.15, -0.1) is 0 Å². The van der Waals surface area contributed by atoms with Gasteiger partial charge in [0, 0.05) is 26.4 Å². The number of nitrogens with zero attached hydrogens (tertiary/aromatic N) is 4. The SMILES string of the molecule is CCC(NC(=O)c1cn(-c2ncc(F)cc2F)c2nc(N(C)C)ccc2c1=O)C(F)(F)F. The number of hydrogen-bond donors (Lipinski definition) is 1. The van der Waals surface area contributed by atoms with E-state index in [2.05, 4.69) is 9.97 Å². The highest BCUT2D eigenvalue weighted by atomic mass is 19.4. The third-order valence-electron chi connectivity index (χ3n) is 4.66. The highest BCUT2D eigenvalue weighted by Gasteiger charge is 2.39. The maximum Gasteiger partial charge on any atom is 0.408 e. The predicted molar refractivity (Wildman–Crippen MR) is 107 cm³/mol. The highest BCUT2D eigenvalue weighted by Crippen LogP contribution is 2.24. The summed E-state index contributed by atoms with van der Waals surface area (Å²) in [6, 6.07) is 1.12. The second-order valence-corrected chi connectivity index (χ2v) is 7.11. The van der Waals surface area contributed by atoms with Crippen molar-refractivity contribution in [3.8, 4) is 5.82 Å². The van der Waals surface area contributed by atoms with Crippen molar-refractivity contribution < 1.29 is 26.7 Å². The van der Waals surface area contributed by atoms with Gasteiger partial charge in [-0.05, 0) is 18.6 Å². The largest absolute Gasteiger partial charge is 0.408 e. The molecule has 0 saturated heterocycles. The van der Waals surface area contributed by atoms with Crippen LogP contribution in [0.25, 0.3) is 16.9 Å². The van der Waals surface area contributed by atoms with Gasteiger partial charge in [-0.1, -0.05) is 6.92 Å². The number of alkyl halides is 3. The van der Waals surface area contributed by atoms with E-state index in [-0.39, 0.29) is 11.0 Å². The van der Waals surface area contributed by atoms with E-state index >= 15 is 0 Å². The number of hydrogen-bond acceptors (Lipinski definition) is 5. The summed E-state index contributed by atoms with van der Waals surface area (Å²) < 4.78 is 68.1. The molecule has 1 N–H and O–H groups in total. The molecular formula is C20H18F5N5O2. The molecule has 1 atom stereocenters. The Morgan fingerprint density at radius 2 is 1.94 bits per heavy atom. The number of fused-ring (bicyclic) bond motifs is 1. The zero-order valence-corrected chi connectivity index (χ0v) is 17.2. The van der Waals surface area contributed by atoms with Crippen LogP contribution in [0.4, 0.5) is 27.8 Å². The fourth-order valence-corrected chi connectivity index (χ4v) is 3.00. The number of pyridine rings is 3. The molecule has 1 amide bonds. The van der Waals surface area contributed by atoms with Gasteiger partial charge in [0.15, 0.2) is 17.3 Å². The number of carbonyl (C=O) groups excluding carboxylic acids is 1. The minimum Gasteiger partial charge on any atom is -0.363 e. The first-order valence-corrected chi connectivity index (χ1v) is 9.36. The van der Waals surface area contributed by atoms with Crippen LogP contribution in [0.15, 0.2) is 35.4 Å². The fraction of sp³-hybridized carbons (Fsp3) is 0.300. The molecule has 170 valence electrons. The van der Waals surface area contributed by atoms with Crippen LogP contribution in [0.2, 0.25) is 0 Å². The lowest BCUT2D eigenvalue weighted by Crippen LogP contribution is -2.46. The maximum atomic E-state index is 14.5. The second-order valence-electron chi connectivity index (χ2n) is 7.11. The minimum absolute atomic E-state index is 0.112. The Morgan fingerprint density at radius 3 is 2.50 bits per heavy atom. The number of anilines is 1. The van der Waals surface area contributed by atoms with Gasteiger partial charge in [0.2, 0.25) is 5.43 Å². The molecule has 0 bridgehead atoms. The standard InChI is InChI=1S/C20H18F5N5O2/c1-4-14(20(23,24)25)27-19(32)12-9-30(18-13(22)7-10(21)8-26-18)17-11(16(12)31)5-6-15(28-17)29(2)3/h5-9,14H,4H2,1-3H3,(H,27,32). The van der Waals surface area contributed by atoms with Crippen molar-refractivity contribution in [1.29, 1.82) is 0 Å². The first-order chi connectivity index (χ1) is 14.9. The van der Waals surface area contributed by atoms with E-state index in [1.807, 2.05) is 0 Å². The highest BCUT2D eigenvalue weighted by molar-refractivity contribution is 5.97. The van der Waals surface area contributed by atoms with Crippen LogP contribution < -0.4 is 15.6 Å². The van der Waals surface area contributed by atoms with Gasteiger partial charge in [0.25, 0.3) is 5.91 Å². The van der Waals surface area contributed by atoms with Crippen molar-refractivity contribution in [2.45, 2.75) is 25.6 Å². The molecule has 0 aromatic carbocycles. The first kappa shape index (κ1) is 23.1. The van der Waals surface area contributed by atoms with Gasteiger partial charge in [-0.25, -0.2) is 18.7 Å². The molecule has 32 heavy (non-hydrogen) atoms. The van der Waals surface area contributed by atoms with Gasteiger partial charge < -0.3 is 10.2 Å². The van der Waals surface area contributed by atoms with Gasteiger partial charge in [-0.2, -0.15) is 13.2 Å². The van der Waals surface area contributed by atoms with Gasteiger partial charge >= 0.3 is 6.18 Å². The fourth-order valence-electron chi connectivity index (χ4n) is 3.00. The molecule has 3 aromatic heterocycles. The molecule has 0 radical (unpaired) electrons. The number of carbonyl (C=O) groups is 1. The first-order valence-electron chi connectivity index (χ1n) is 9.36. The number of amides is 1. The molecule has 0 aliphatic carbocycles. The number of aromatic nitrogens is 3. The monoisotopic (exact) mass is 455 g/mol. The average molecular weight is 455 g/mol. The molecule has 7 nitrogen and oxygen atoms in total. The zero-order valence-electron chi connectivity index (χ0n) is 17.2. The van der Waals surface area contributed by atoms with Crippen molar-refractivity contribution in [3.05, 3.63) is 58.0 Å². The van der Waals surface area contributed by atoms with Gasteiger partial charge in [0.05, 0.1) is 11.6 Å². The summed E-state index contributed by atoms with van der Waals surface area (Å²) >= 11 is 0. The maximum absolute atomic E-state index is 14.5. The van der Waals surface area contributed by atoms with Crippen LogP contribution in [0.3, 0.4) is 0 Å². The van der Waals surface area contributed by atoms with Crippen molar-refractivity contribution in [2.24, 2.45) is 0 Å². The molecular weight excluding hydrogens is 437 g/mol. The molecule has 0 saturated carbocycles. The van der Waals surface area contributed by atoms with E-state index in [0.717, 1.165) is 10.8 Å². The molecule has 3 rings (SSSR count). The minimum atomic E-state index is -4.73. The molecule has 0 aliphatic heterocycles. The lowest BCUT2D eigenvalue weighted by Gasteiger charge is -2.20. The molecule has 0 spiro atoms. The molecule has 0 fully saturated rings. The van der Waals surface area contributed by atoms with Crippen LogP contribution in [0.5, 0.6) is 0 Å². The summed E-state index contributed by atoms with van der Waals surface area (Å²) in [5.74, 6) is -3.51. The van der Waals surface area contributed by atoms with Crippen molar-refractivity contribution in [3.63, 3.8) is 0 Å². The van der Waals surface area contributed by atoms with Gasteiger partial charge in [-0.3, -0.25) is 14.2 Å². The van der Waals surface area contributed by atoms with E-state index in [0.29, 0.717) is 18.1 Å². The smallest absolute Gasteiger partial charge is 0.363 e. The Bertz CT molecular complexity index is 1240. The summed E-state index contributed by atoms with van der Waals surface area (Å²) in [5.41, 5.74) is -1.69.